The number of aliphatic hydroxyl groups is 1. The predicted octanol–water partition coefficient (Wildman–Crippen LogP) is 1.73. The zero-order chi connectivity index (χ0) is 9.40. The standard InChI is InChI=1S/C7H10O2.C2H6O.H3N/c8-7(9)6-4-2-1-3-5-6;1-2-3;/h4H,1-3,5H2,(H,8,9);3H,2H2,1H3;1H3. The van der Waals surface area contributed by atoms with Crippen molar-refractivity contribution in [3.8, 4) is 0 Å². The number of hydrogen-bond donors (Lipinski definition) is 3. The van der Waals surface area contributed by atoms with Crippen molar-refractivity contribution in [2.24, 2.45) is 0 Å². The van der Waals surface area contributed by atoms with E-state index in [0.29, 0.717) is 5.57 Å². The van der Waals surface area contributed by atoms with E-state index in [2.05, 4.69) is 0 Å². The Morgan fingerprint density at radius 1 is 1.54 bits per heavy atom. The summed E-state index contributed by atoms with van der Waals surface area (Å²) in [4.78, 5) is 10.3. The molecule has 0 heterocycles. The molecule has 0 radical (unpaired) electrons. The van der Waals surface area contributed by atoms with Crippen LogP contribution in [0.2, 0.25) is 0 Å². The number of carboxylic acid groups (broad SMARTS) is 1. The van der Waals surface area contributed by atoms with Gasteiger partial charge in [0.05, 0.1) is 0 Å². The summed E-state index contributed by atoms with van der Waals surface area (Å²) in [6.45, 7) is 1.93. The van der Waals surface area contributed by atoms with Gasteiger partial charge in [0.2, 0.25) is 0 Å². The highest BCUT2D eigenvalue weighted by Gasteiger charge is 2.08. The molecule has 4 nitrogen and oxygen atoms in total. The molecule has 0 aliphatic heterocycles. The van der Waals surface area contributed by atoms with Crippen molar-refractivity contribution in [3.05, 3.63) is 11.6 Å². The second-order valence-corrected chi connectivity index (χ2v) is 2.60. The monoisotopic (exact) mass is 189 g/mol. The third-order valence-corrected chi connectivity index (χ3v) is 1.57. The van der Waals surface area contributed by atoms with Crippen LogP contribution in [0.4, 0.5) is 0 Å². The highest BCUT2D eigenvalue weighted by Crippen LogP contribution is 2.16. The second-order valence-electron chi connectivity index (χ2n) is 2.60. The summed E-state index contributed by atoms with van der Waals surface area (Å²) >= 11 is 0. The first-order chi connectivity index (χ1) is 5.72. The Morgan fingerprint density at radius 3 is 2.31 bits per heavy atom. The van der Waals surface area contributed by atoms with Gasteiger partial charge in [0.15, 0.2) is 0 Å². The van der Waals surface area contributed by atoms with E-state index in [1.807, 2.05) is 6.08 Å². The van der Waals surface area contributed by atoms with Crippen molar-refractivity contribution >= 4 is 5.97 Å². The maximum absolute atomic E-state index is 10.3. The molecule has 13 heavy (non-hydrogen) atoms. The van der Waals surface area contributed by atoms with E-state index in [-0.39, 0.29) is 12.8 Å². The van der Waals surface area contributed by atoms with Gasteiger partial charge >= 0.3 is 5.97 Å². The van der Waals surface area contributed by atoms with Gasteiger partial charge in [-0.3, -0.25) is 0 Å². The molecule has 1 aliphatic rings. The summed E-state index contributed by atoms with van der Waals surface area (Å²) in [7, 11) is 0. The molecule has 0 spiro atoms. The van der Waals surface area contributed by atoms with Crippen molar-refractivity contribution in [2.75, 3.05) is 6.61 Å². The molecule has 0 amide bonds. The first kappa shape index (κ1) is 14.6. The Morgan fingerprint density at radius 2 is 2.08 bits per heavy atom. The fraction of sp³-hybridized carbons (Fsp3) is 0.667. The third-order valence-electron chi connectivity index (χ3n) is 1.57. The van der Waals surface area contributed by atoms with E-state index < -0.39 is 5.97 Å². The SMILES string of the molecule is CCO.N.O=C(O)C1=CCCCC1. The molecule has 4 heteroatoms. The van der Waals surface area contributed by atoms with Gasteiger partial charge in [0, 0.05) is 12.2 Å². The maximum Gasteiger partial charge on any atom is 0.331 e. The molecule has 0 atom stereocenters. The molecule has 0 saturated carbocycles. The summed E-state index contributed by atoms with van der Waals surface area (Å²) < 4.78 is 0. The first-order valence-electron chi connectivity index (χ1n) is 4.25. The molecule has 1 aliphatic carbocycles. The molecule has 0 aromatic carbocycles. The molecule has 1 rings (SSSR count). The molecule has 0 fully saturated rings. The van der Waals surface area contributed by atoms with E-state index in [1.165, 1.54) is 0 Å². The number of rotatable bonds is 1. The van der Waals surface area contributed by atoms with Gasteiger partial charge in [-0.25, -0.2) is 4.79 Å². The van der Waals surface area contributed by atoms with Crippen molar-refractivity contribution in [1.29, 1.82) is 0 Å². The van der Waals surface area contributed by atoms with E-state index >= 15 is 0 Å². The molecule has 0 aromatic rings. The molecular weight excluding hydrogens is 170 g/mol. The topological polar surface area (TPSA) is 92.5 Å². The van der Waals surface area contributed by atoms with Crippen LogP contribution in [0, 0.1) is 0 Å². The molecule has 0 unspecified atom stereocenters. The van der Waals surface area contributed by atoms with Gasteiger partial charge in [0.1, 0.15) is 0 Å². The summed E-state index contributed by atoms with van der Waals surface area (Å²) in [6, 6.07) is 0. The van der Waals surface area contributed by atoms with Crippen molar-refractivity contribution in [1.82, 2.24) is 6.15 Å². The highest BCUT2D eigenvalue weighted by molar-refractivity contribution is 5.86. The van der Waals surface area contributed by atoms with Crippen LogP contribution < -0.4 is 6.15 Å². The van der Waals surface area contributed by atoms with Crippen LogP contribution in [-0.2, 0) is 4.79 Å². The largest absolute Gasteiger partial charge is 0.478 e. The second kappa shape index (κ2) is 9.22. The number of aliphatic hydroxyl groups excluding tert-OH is 1. The Balaban J connectivity index is 0. The van der Waals surface area contributed by atoms with Crippen LogP contribution in [0.3, 0.4) is 0 Å². The minimum atomic E-state index is -0.741. The third kappa shape index (κ3) is 7.49. The summed E-state index contributed by atoms with van der Waals surface area (Å²) in [5.41, 5.74) is 0.598. The Hall–Kier alpha value is -0.870. The Labute approximate surface area is 78.9 Å². The van der Waals surface area contributed by atoms with Crippen LogP contribution >= 0.6 is 0 Å². The number of hydrogen-bond acceptors (Lipinski definition) is 3. The van der Waals surface area contributed by atoms with Gasteiger partial charge in [0.25, 0.3) is 0 Å². The molecule has 78 valence electrons. The zero-order valence-corrected chi connectivity index (χ0v) is 8.12. The van der Waals surface area contributed by atoms with E-state index in [0.717, 1.165) is 25.7 Å². The van der Waals surface area contributed by atoms with Crippen LogP contribution in [0.15, 0.2) is 11.6 Å². The minimum absolute atomic E-state index is 0. The van der Waals surface area contributed by atoms with Crippen LogP contribution in [0.5, 0.6) is 0 Å². The number of carbonyl (C=O) groups is 1. The smallest absolute Gasteiger partial charge is 0.331 e. The zero-order valence-electron chi connectivity index (χ0n) is 8.12. The number of carboxylic acids is 1. The predicted molar refractivity (Wildman–Crippen MR) is 52.0 cm³/mol. The normalized spacial score (nSPS) is 14.5. The fourth-order valence-electron chi connectivity index (χ4n) is 1.03. The lowest BCUT2D eigenvalue weighted by Crippen LogP contribution is -2.03. The lowest BCUT2D eigenvalue weighted by molar-refractivity contribution is -0.132. The van der Waals surface area contributed by atoms with Crippen LogP contribution in [0.25, 0.3) is 0 Å². The first-order valence-corrected chi connectivity index (χ1v) is 4.25. The maximum atomic E-state index is 10.3. The van der Waals surface area contributed by atoms with Gasteiger partial charge in [-0.2, -0.15) is 0 Å². The van der Waals surface area contributed by atoms with E-state index in [1.54, 1.807) is 6.92 Å². The number of aliphatic carboxylic acids is 1. The molecule has 0 aromatic heterocycles. The molecule has 0 bridgehead atoms. The Bertz CT molecular complexity index is 166. The lowest BCUT2D eigenvalue weighted by Gasteiger charge is -2.06. The quantitative estimate of drug-likeness (QED) is 0.585. The van der Waals surface area contributed by atoms with E-state index in [9.17, 15) is 4.79 Å². The van der Waals surface area contributed by atoms with Crippen molar-refractivity contribution < 1.29 is 15.0 Å². The van der Waals surface area contributed by atoms with Crippen LogP contribution in [-0.4, -0.2) is 22.8 Å². The van der Waals surface area contributed by atoms with E-state index in [4.69, 9.17) is 10.2 Å². The van der Waals surface area contributed by atoms with Crippen molar-refractivity contribution in [3.63, 3.8) is 0 Å². The minimum Gasteiger partial charge on any atom is -0.478 e. The lowest BCUT2D eigenvalue weighted by atomic mass is 10.0. The molecular formula is C9H19NO3. The summed E-state index contributed by atoms with van der Waals surface area (Å²) in [6.07, 6.45) is 5.72. The highest BCUT2D eigenvalue weighted by atomic mass is 16.4. The van der Waals surface area contributed by atoms with Crippen molar-refractivity contribution in [2.45, 2.75) is 32.6 Å². The van der Waals surface area contributed by atoms with Crippen LogP contribution in [0.1, 0.15) is 32.6 Å². The van der Waals surface area contributed by atoms with Gasteiger partial charge < -0.3 is 16.4 Å². The van der Waals surface area contributed by atoms with Gasteiger partial charge in [-0.05, 0) is 32.6 Å². The van der Waals surface area contributed by atoms with Gasteiger partial charge in [-0.1, -0.05) is 6.08 Å². The molecule has 5 N–H and O–H groups in total. The summed E-state index contributed by atoms with van der Waals surface area (Å²) in [5, 5.41) is 16.0. The average Bonchev–Trinajstić information content (AvgIpc) is 2.07. The molecule has 0 saturated heterocycles. The average molecular weight is 189 g/mol. The fourth-order valence-corrected chi connectivity index (χ4v) is 1.03. The Kier molecular flexibility index (Phi) is 10.4. The summed E-state index contributed by atoms with van der Waals surface area (Å²) in [5.74, 6) is -0.741. The number of allylic oxidation sites excluding steroid dienone is 1. The van der Waals surface area contributed by atoms with Gasteiger partial charge in [-0.15, -0.1) is 0 Å².